The van der Waals surface area contributed by atoms with E-state index in [0.29, 0.717) is 13.2 Å². The maximum absolute atomic E-state index is 11.3. The largest absolute Gasteiger partial charge is 0.480 e. The first-order valence-corrected chi connectivity index (χ1v) is 5.23. The summed E-state index contributed by atoms with van der Waals surface area (Å²) in [5.74, 6) is -1.10. The number of fused-ring (bicyclic) bond motifs is 1. The Labute approximate surface area is 88.0 Å². The van der Waals surface area contributed by atoms with Crippen LogP contribution in [0.4, 0.5) is 0 Å². The Morgan fingerprint density at radius 2 is 2.13 bits per heavy atom. The topological polar surface area (TPSA) is 66.8 Å². The van der Waals surface area contributed by atoms with Gasteiger partial charge in [-0.3, -0.25) is 4.79 Å². The number of rotatable bonds is 1. The number of carbonyl (C=O) groups is 2. The van der Waals surface area contributed by atoms with Crippen LogP contribution in [0.1, 0.15) is 19.8 Å². The fourth-order valence-corrected chi connectivity index (χ4v) is 2.63. The molecule has 2 aliphatic heterocycles. The van der Waals surface area contributed by atoms with Crippen LogP contribution in [0.5, 0.6) is 0 Å². The van der Waals surface area contributed by atoms with Crippen LogP contribution in [0.25, 0.3) is 0 Å². The lowest BCUT2D eigenvalue weighted by Crippen LogP contribution is -2.55. The average molecular weight is 213 g/mol. The summed E-state index contributed by atoms with van der Waals surface area (Å²) < 4.78 is 5.46. The number of hydrogen-bond donors (Lipinski definition) is 1. The molecule has 2 saturated heterocycles. The van der Waals surface area contributed by atoms with E-state index in [-0.39, 0.29) is 17.9 Å². The molecule has 3 atom stereocenters. The van der Waals surface area contributed by atoms with E-state index >= 15 is 0 Å². The quantitative estimate of drug-likeness (QED) is 0.670. The molecule has 0 bridgehead atoms. The number of piperidine rings is 1. The van der Waals surface area contributed by atoms with Gasteiger partial charge < -0.3 is 14.7 Å². The fraction of sp³-hybridized carbons (Fsp3) is 0.800. The van der Waals surface area contributed by atoms with Crippen LogP contribution in [0, 0.1) is 5.92 Å². The van der Waals surface area contributed by atoms with E-state index in [2.05, 4.69) is 0 Å². The fourth-order valence-electron chi connectivity index (χ4n) is 2.63. The number of nitrogens with zero attached hydrogens (tertiary/aromatic N) is 1. The van der Waals surface area contributed by atoms with E-state index in [0.717, 1.165) is 12.8 Å². The number of carbonyl (C=O) groups excluding carboxylic acids is 1. The Hall–Kier alpha value is -1.10. The smallest absolute Gasteiger partial charge is 0.326 e. The molecule has 0 aromatic rings. The standard InChI is InChI=1S/C10H15NO4/c1-6(12)11-4-2-8-7(3-5-15-8)9(11)10(13)14/h7-9H,2-5H2,1H3,(H,13,14)/t7-,8-,9?/m1/s1. The van der Waals surface area contributed by atoms with Crippen LogP contribution in [-0.4, -0.2) is 47.2 Å². The lowest BCUT2D eigenvalue weighted by Gasteiger charge is -2.39. The number of carboxylic acid groups (broad SMARTS) is 1. The van der Waals surface area contributed by atoms with Crippen molar-refractivity contribution in [3.63, 3.8) is 0 Å². The molecule has 2 heterocycles. The molecule has 0 aromatic carbocycles. The third kappa shape index (κ3) is 1.71. The van der Waals surface area contributed by atoms with Crippen molar-refractivity contribution in [1.29, 1.82) is 0 Å². The molecule has 1 amide bonds. The average Bonchev–Trinajstić information content (AvgIpc) is 2.62. The first-order valence-electron chi connectivity index (χ1n) is 5.23. The van der Waals surface area contributed by atoms with Gasteiger partial charge in [0.05, 0.1) is 6.10 Å². The summed E-state index contributed by atoms with van der Waals surface area (Å²) in [6, 6.07) is -0.691. The molecular weight excluding hydrogens is 198 g/mol. The number of ether oxygens (including phenoxy) is 1. The van der Waals surface area contributed by atoms with Crippen LogP contribution < -0.4 is 0 Å². The Balaban J connectivity index is 2.21. The van der Waals surface area contributed by atoms with Gasteiger partial charge >= 0.3 is 5.97 Å². The second-order valence-electron chi connectivity index (χ2n) is 4.15. The molecule has 2 fully saturated rings. The molecule has 0 radical (unpaired) electrons. The van der Waals surface area contributed by atoms with Gasteiger partial charge in [0.15, 0.2) is 0 Å². The predicted octanol–water partition coefficient (Wildman–Crippen LogP) is 0.0969. The normalized spacial score (nSPS) is 35.0. The van der Waals surface area contributed by atoms with Crippen LogP contribution in [0.2, 0.25) is 0 Å². The van der Waals surface area contributed by atoms with Crippen molar-refractivity contribution >= 4 is 11.9 Å². The van der Waals surface area contributed by atoms with Gasteiger partial charge in [0, 0.05) is 26.0 Å². The SMILES string of the molecule is CC(=O)N1CC[C@H]2OCC[C@H]2C1C(=O)O. The minimum absolute atomic E-state index is 0.0276. The highest BCUT2D eigenvalue weighted by atomic mass is 16.5. The lowest BCUT2D eigenvalue weighted by atomic mass is 9.86. The van der Waals surface area contributed by atoms with Crippen molar-refractivity contribution in [3.05, 3.63) is 0 Å². The van der Waals surface area contributed by atoms with E-state index in [1.807, 2.05) is 0 Å². The summed E-state index contributed by atoms with van der Waals surface area (Å²) in [5.41, 5.74) is 0. The molecule has 0 aliphatic carbocycles. The van der Waals surface area contributed by atoms with Crippen molar-refractivity contribution < 1.29 is 19.4 Å². The van der Waals surface area contributed by atoms with Gasteiger partial charge in [-0.05, 0) is 12.8 Å². The Kier molecular flexibility index (Phi) is 2.65. The zero-order valence-corrected chi connectivity index (χ0v) is 8.68. The molecule has 2 aliphatic rings. The number of amides is 1. The monoisotopic (exact) mass is 213 g/mol. The van der Waals surface area contributed by atoms with E-state index in [1.54, 1.807) is 0 Å². The summed E-state index contributed by atoms with van der Waals surface area (Å²) in [7, 11) is 0. The summed E-state index contributed by atoms with van der Waals surface area (Å²) >= 11 is 0. The van der Waals surface area contributed by atoms with Crippen molar-refractivity contribution in [2.45, 2.75) is 31.9 Å². The number of carboxylic acids is 1. The third-order valence-electron chi connectivity index (χ3n) is 3.31. The maximum atomic E-state index is 11.3. The summed E-state index contributed by atoms with van der Waals surface area (Å²) in [6.07, 6.45) is 1.53. The molecule has 0 aromatic heterocycles. The Bertz CT molecular complexity index is 291. The van der Waals surface area contributed by atoms with Gasteiger partial charge in [0.2, 0.25) is 5.91 Å². The number of likely N-dealkylation sites (tertiary alicyclic amines) is 1. The van der Waals surface area contributed by atoms with E-state index in [1.165, 1.54) is 11.8 Å². The van der Waals surface area contributed by atoms with Gasteiger partial charge in [-0.1, -0.05) is 0 Å². The molecule has 2 rings (SSSR count). The molecule has 0 saturated carbocycles. The third-order valence-corrected chi connectivity index (χ3v) is 3.31. The summed E-state index contributed by atoms with van der Waals surface area (Å²) in [5, 5.41) is 9.16. The molecular formula is C10H15NO4. The zero-order valence-electron chi connectivity index (χ0n) is 8.68. The molecule has 5 heteroatoms. The Morgan fingerprint density at radius 3 is 2.73 bits per heavy atom. The van der Waals surface area contributed by atoms with Crippen LogP contribution in [0.15, 0.2) is 0 Å². The summed E-state index contributed by atoms with van der Waals surface area (Å²) in [4.78, 5) is 23.9. The maximum Gasteiger partial charge on any atom is 0.326 e. The highest BCUT2D eigenvalue weighted by Gasteiger charge is 2.46. The second kappa shape index (κ2) is 3.81. The minimum atomic E-state index is -0.912. The van der Waals surface area contributed by atoms with Crippen molar-refractivity contribution in [3.8, 4) is 0 Å². The van der Waals surface area contributed by atoms with Gasteiger partial charge in [-0.15, -0.1) is 0 Å². The van der Waals surface area contributed by atoms with Gasteiger partial charge in [-0.25, -0.2) is 4.79 Å². The van der Waals surface area contributed by atoms with Crippen molar-refractivity contribution in [1.82, 2.24) is 4.90 Å². The van der Waals surface area contributed by atoms with Gasteiger partial charge in [0.25, 0.3) is 0 Å². The highest BCUT2D eigenvalue weighted by molar-refractivity contribution is 5.83. The van der Waals surface area contributed by atoms with Gasteiger partial charge in [-0.2, -0.15) is 0 Å². The predicted molar refractivity (Wildman–Crippen MR) is 51.3 cm³/mol. The molecule has 5 nitrogen and oxygen atoms in total. The van der Waals surface area contributed by atoms with Crippen LogP contribution in [-0.2, 0) is 14.3 Å². The first-order chi connectivity index (χ1) is 7.11. The Morgan fingerprint density at radius 1 is 1.40 bits per heavy atom. The second-order valence-corrected chi connectivity index (χ2v) is 4.15. The lowest BCUT2D eigenvalue weighted by molar-refractivity contribution is -0.156. The van der Waals surface area contributed by atoms with Crippen LogP contribution in [0.3, 0.4) is 0 Å². The zero-order chi connectivity index (χ0) is 11.0. The van der Waals surface area contributed by atoms with Crippen LogP contribution >= 0.6 is 0 Å². The molecule has 15 heavy (non-hydrogen) atoms. The number of aliphatic carboxylic acids is 1. The van der Waals surface area contributed by atoms with Crippen molar-refractivity contribution in [2.75, 3.05) is 13.2 Å². The van der Waals surface area contributed by atoms with Crippen molar-refractivity contribution in [2.24, 2.45) is 5.92 Å². The molecule has 84 valence electrons. The van der Waals surface area contributed by atoms with E-state index < -0.39 is 12.0 Å². The van der Waals surface area contributed by atoms with Gasteiger partial charge in [0.1, 0.15) is 6.04 Å². The first kappa shape index (κ1) is 10.4. The number of hydrogen-bond acceptors (Lipinski definition) is 3. The highest BCUT2D eigenvalue weighted by Crippen LogP contribution is 2.33. The minimum Gasteiger partial charge on any atom is -0.480 e. The molecule has 0 spiro atoms. The molecule has 1 unspecified atom stereocenters. The van der Waals surface area contributed by atoms with E-state index in [4.69, 9.17) is 9.84 Å². The summed E-state index contributed by atoms with van der Waals surface area (Å²) in [6.45, 7) is 2.53. The molecule has 1 N–H and O–H groups in total. The van der Waals surface area contributed by atoms with E-state index in [9.17, 15) is 9.59 Å².